The highest BCUT2D eigenvalue weighted by molar-refractivity contribution is 7.98. The van der Waals surface area contributed by atoms with Gasteiger partial charge in [-0.1, -0.05) is 12.1 Å². The standard InChI is InChI=1S/C21H23N5OS2/c1-15-11-20(24-16(2)23-15)25-7-9-26(10-8-25)21(27)18-5-3-4-6-19(18)29-13-17-12-28-14-22-17/h3-6,11-12,14H,7-10,13H2,1-2H3. The summed E-state index contributed by atoms with van der Waals surface area (Å²) in [4.78, 5) is 31.6. The molecule has 3 aromatic rings. The van der Waals surface area contributed by atoms with Crippen molar-refractivity contribution in [1.82, 2.24) is 19.9 Å². The monoisotopic (exact) mass is 425 g/mol. The van der Waals surface area contributed by atoms with Gasteiger partial charge in [0, 0.05) is 54.0 Å². The number of aromatic nitrogens is 3. The summed E-state index contributed by atoms with van der Waals surface area (Å²) in [5.41, 5.74) is 4.63. The minimum atomic E-state index is 0.0982. The van der Waals surface area contributed by atoms with Crippen LogP contribution in [0.15, 0.2) is 46.1 Å². The first kappa shape index (κ1) is 19.8. The molecule has 150 valence electrons. The number of nitrogens with zero attached hydrogens (tertiary/aromatic N) is 5. The molecule has 1 amide bonds. The minimum Gasteiger partial charge on any atom is -0.353 e. The predicted octanol–water partition coefficient (Wildman–Crippen LogP) is 3.80. The van der Waals surface area contributed by atoms with E-state index in [0.717, 1.165) is 52.3 Å². The molecule has 1 aromatic carbocycles. The van der Waals surface area contributed by atoms with Crippen molar-refractivity contribution in [2.45, 2.75) is 24.5 Å². The average Bonchev–Trinajstić information content (AvgIpc) is 3.25. The third kappa shape index (κ3) is 4.76. The summed E-state index contributed by atoms with van der Waals surface area (Å²) in [5, 5.41) is 2.05. The fraction of sp³-hybridized carbons (Fsp3) is 0.333. The van der Waals surface area contributed by atoms with E-state index in [0.29, 0.717) is 13.1 Å². The van der Waals surface area contributed by atoms with Crippen LogP contribution in [0.4, 0.5) is 5.82 Å². The zero-order valence-electron chi connectivity index (χ0n) is 16.5. The van der Waals surface area contributed by atoms with E-state index in [1.165, 1.54) is 0 Å². The molecule has 0 atom stereocenters. The Morgan fingerprint density at radius 1 is 1.14 bits per heavy atom. The Labute approximate surface area is 179 Å². The van der Waals surface area contributed by atoms with Crippen molar-refractivity contribution in [3.8, 4) is 0 Å². The van der Waals surface area contributed by atoms with Crippen LogP contribution in [0.2, 0.25) is 0 Å². The number of aryl methyl sites for hydroxylation is 2. The second kappa shape index (κ2) is 8.92. The maximum atomic E-state index is 13.2. The maximum absolute atomic E-state index is 13.2. The topological polar surface area (TPSA) is 62.2 Å². The first-order valence-corrected chi connectivity index (χ1v) is 11.5. The van der Waals surface area contributed by atoms with E-state index in [9.17, 15) is 4.79 Å². The molecule has 6 nitrogen and oxygen atoms in total. The number of thioether (sulfide) groups is 1. The van der Waals surface area contributed by atoms with Crippen molar-refractivity contribution in [1.29, 1.82) is 0 Å². The van der Waals surface area contributed by atoms with Crippen molar-refractivity contribution in [2.24, 2.45) is 0 Å². The Morgan fingerprint density at radius 2 is 1.93 bits per heavy atom. The molecule has 0 saturated carbocycles. The Hall–Kier alpha value is -2.45. The predicted molar refractivity (Wildman–Crippen MR) is 118 cm³/mol. The average molecular weight is 426 g/mol. The van der Waals surface area contributed by atoms with Crippen molar-refractivity contribution in [3.63, 3.8) is 0 Å². The molecule has 1 fully saturated rings. The Balaban J connectivity index is 1.42. The van der Waals surface area contributed by atoms with Gasteiger partial charge in [0.1, 0.15) is 11.6 Å². The van der Waals surface area contributed by atoms with Gasteiger partial charge in [0.15, 0.2) is 0 Å². The van der Waals surface area contributed by atoms with Crippen LogP contribution in [0.1, 0.15) is 27.6 Å². The zero-order valence-corrected chi connectivity index (χ0v) is 18.2. The fourth-order valence-corrected chi connectivity index (χ4v) is 5.01. The largest absolute Gasteiger partial charge is 0.353 e. The summed E-state index contributed by atoms with van der Waals surface area (Å²) in [6.07, 6.45) is 0. The van der Waals surface area contributed by atoms with E-state index < -0.39 is 0 Å². The van der Waals surface area contributed by atoms with Crippen LogP contribution in [0, 0.1) is 13.8 Å². The van der Waals surface area contributed by atoms with Gasteiger partial charge in [-0.05, 0) is 26.0 Å². The molecule has 1 aliphatic heterocycles. The number of amides is 1. The van der Waals surface area contributed by atoms with Crippen molar-refractivity contribution in [2.75, 3.05) is 31.1 Å². The summed E-state index contributed by atoms with van der Waals surface area (Å²) in [5.74, 6) is 2.60. The molecule has 2 aromatic heterocycles. The summed E-state index contributed by atoms with van der Waals surface area (Å²) in [6.45, 7) is 6.82. The van der Waals surface area contributed by atoms with Crippen LogP contribution in [0.3, 0.4) is 0 Å². The van der Waals surface area contributed by atoms with Crippen LogP contribution in [-0.2, 0) is 5.75 Å². The number of thiazole rings is 1. The highest BCUT2D eigenvalue weighted by Crippen LogP contribution is 2.27. The van der Waals surface area contributed by atoms with Gasteiger partial charge in [0.25, 0.3) is 5.91 Å². The summed E-state index contributed by atoms with van der Waals surface area (Å²) >= 11 is 3.26. The van der Waals surface area contributed by atoms with Crippen LogP contribution in [-0.4, -0.2) is 51.9 Å². The van der Waals surface area contributed by atoms with E-state index in [1.807, 2.05) is 60.0 Å². The number of anilines is 1. The Kier molecular flexibility index (Phi) is 6.10. The van der Waals surface area contributed by atoms with Crippen LogP contribution in [0.25, 0.3) is 0 Å². The van der Waals surface area contributed by atoms with Gasteiger partial charge >= 0.3 is 0 Å². The number of carbonyl (C=O) groups excluding carboxylic acids is 1. The van der Waals surface area contributed by atoms with E-state index in [-0.39, 0.29) is 5.91 Å². The van der Waals surface area contributed by atoms with Gasteiger partial charge < -0.3 is 9.80 Å². The Morgan fingerprint density at radius 3 is 2.66 bits per heavy atom. The lowest BCUT2D eigenvalue weighted by Gasteiger charge is -2.35. The maximum Gasteiger partial charge on any atom is 0.255 e. The van der Waals surface area contributed by atoms with Gasteiger partial charge in [-0.25, -0.2) is 15.0 Å². The highest BCUT2D eigenvalue weighted by atomic mass is 32.2. The molecule has 0 aliphatic carbocycles. The summed E-state index contributed by atoms with van der Waals surface area (Å²) in [7, 11) is 0. The highest BCUT2D eigenvalue weighted by Gasteiger charge is 2.24. The van der Waals surface area contributed by atoms with Crippen molar-refractivity contribution in [3.05, 3.63) is 64.0 Å². The van der Waals surface area contributed by atoms with Gasteiger partial charge in [-0.2, -0.15) is 0 Å². The van der Waals surface area contributed by atoms with E-state index in [4.69, 9.17) is 0 Å². The molecule has 0 radical (unpaired) electrons. The van der Waals surface area contributed by atoms with Crippen molar-refractivity contribution >= 4 is 34.8 Å². The lowest BCUT2D eigenvalue weighted by Crippen LogP contribution is -2.49. The normalized spacial score (nSPS) is 14.3. The molecule has 4 rings (SSSR count). The number of hydrogen-bond donors (Lipinski definition) is 0. The number of hydrogen-bond acceptors (Lipinski definition) is 7. The minimum absolute atomic E-state index is 0.0982. The molecule has 0 spiro atoms. The van der Waals surface area contributed by atoms with Gasteiger partial charge in [-0.3, -0.25) is 4.79 Å². The van der Waals surface area contributed by atoms with E-state index in [1.54, 1.807) is 23.1 Å². The number of benzene rings is 1. The second-order valence-electron chi connectivity index (χ2n) is 6.96. The molecule has 29 heavy (non-hydrogen) atoms. The second-order valence-corrected chi connectivity index (χ2v) is 8.69. The smallest absolute Gasteiger partial charge is 0.255 e. The third-order valence-electron chi connectivity index (χ3n) is 4.82. The molecule has 3 heterocycles. The fourth-order valence-electron chi connectivity index (χ4n) is 3.40. The molecule has 1 saturated heterocycles. The van der Waals surface area contributed by atoms with Crippen molar-refractivity contribution < 1.29 is 4.79 Å². The van der Waals surface area contributed by atoms with Gasteiger partial charge in [-0.15, -0.1) is 23.1 Å². The lowest BCUT2D eigenvalue weighted by atomic mass is 10.2. The quantitative estimate of drug-likeness (QED) is 0.580. The molecule has 1 aliphatic rings. The first-order chi connectivity index (χ1) is 14.1. The molecular weight excluding hydrogens is 402 g/mol. The van der Waals surface area contributed by atoms with Crippen LogP contribution in [0.5, 0.6) is 0 Å². The number of piperazine rings is 1. The SMILES string of the molecule is Cc1cc(N2CCN(C(=O)c3ccccc3SCc3cscn3)CC2)nc(C)n1. The van der Waals surface area contributed by atoms with E-state index >= 15 is 0 Å². The zero-order chi connectivity index (χ0) is 20.2. The number of carbonyl (C=O) groups is 1. The summed E-state index contributed by atoms with van der Waals surface area (Å²) < 4.78 is 0. The Bertz CT molecular complexity index is 964. The van der Waals surface area contributed by atoms with Crippen LogP contribution >= 0.6 is 23.1 Å². The molecule has 0 bridgehead atoms. The molecular formula is C21H23N5OS2. The third-order valence-corrected chi connectivity index (χ3v) is 6.56. The summed E-state index contributed by atoms with van der Waals surface area (Å²) in [6, 6.07) is 9.87. The van der Waals surface area contributed by atoms with Gasteiger partial charge in [0.05, 0.1) is 16.8 Å². The molecule has 0 unspecified atom stereocenters. The molecule has 0 N–H and O–H groups in total. The lowest BCUT2D eigenvalue weighted by molar-refractivity contribution is 0.0743. The number of rotatable bonds is 5. The van der Waals surface area contributed by atoms with Gasteiger partial charge in [0.2, 0.25) is 0 Å². The first-order valence-electron chi connectivity index (χ1n) is 9.55. The van der Waals surface area contributed by atoms with E-state index in [2.05, 4.69) is 19.9 Å². The van der Waals surface area contributed by atoms with Crippen LogP contribution < -0.4 is 4.90 Å². The molecule has 8 heteroatoms.